The minimum absolute atomic E-state index is 0.0622. The van der Waals surface area contributed by atoms with Crippen LogP contribution in [0.4, 0.5) is 20.3 Å². The topological polar surface area (TPSA) is 119 Å². The van der Waals surface area contributed by atoms with E-state index in [1.54, 1.807) is 40.5 Å². The van der Waals surface area contributed by atoms with Gasteiger partial charge in [-0.15, -0.1) is 16.9 Å². The molecule has 5 heterocycles. The Morgan fingerprint density at radius 3 is 2.67 bits per heavy atom. The smallest absolute Gasteiger partial charge is 0.276 e. The van der Waals surface area contributed by atoms with E-state index < -0.39 is 12.3 Å². The van der Waals surface area contributed by atoms with E-state index in [0.29, 0.717) is 53.2 Å². The van der Waals surface area contributed by atoms with Crippen molar-refractivity contribution >= 4 is 35.1 Å². The highest BCUT2D eigenvalue weighted by atomic mass is 32.2. The lowest BCUT2D eigenvalue weighted by atomic mass is 9.95. The molecule has 0 spiro atoms. The maximum atomic E-state index is 13.9. The van der Waals surface area contributed by atoms with Gasteiger partial charge in [0, 0.05) is 29.1 Å². The van der Waals surface area contributed by atoms with Gasteiger partial charge in [0.15, 0.2) is 11.5 Å². The number of thioether (sulfide) groups is 1. The summed E-state index contributed by atoms with van der Waals surface area (Å²) in [4.78, 5) is 36.4. The summed E-state index contributed by atoms with van der Waals surface area (Å²) in [5.74, 6) is 0.158. The van der Waals surface area contributed by atoms with Crippen LogP contribution < -0.4 is 10.2 Å². The number of nitrogens with zero attached hydrogens (tertiary/aromatic N) is 7. The van der Waals surface area contributed by atoms with Crippen LogP contribution in [0.2, 0.25) is 0 Å². The molecule has 42 heavy (non-hydrogen) atoms. The molecule has 0 saturated carbocycles. The molecule has 13 heteroatoms. The molecule has 2 saturated heterocycles. The van der Waals surface area contributed by atoms with Crippen molar-refractivity contribution in [3.8, 4) is 11.3 Å². The number of alkyl halides is 2. The molecule has 4 aromatic rings. The second kappa shape index (κ2) is 10.9. The summed E-state index contributed by atoms with van der Waals surface area (Å²) < 4.78 is 29.3. The van der Waals surface area contributed by atoms with Gasteiger partial charge < -0.3 is 5.32 Å². The average molecular weight is 591 g/mol. The first-order chi connectivity index (χ1) is 20.1. The summed E-state index contributed by atoms with van der Waals surface area (Å²) in [7, 11) is 0. The van der Waals surface area contributed by atoms with Gasteiger partial charge in [-0.25, -0.2) is 13.8 Å². The Bertz CT molecular complexity index is 1730. The van der Waals surface area contributed by atoms with Crippen LogP contribution in [-0.2, 0) is 17.8 Å². The molecule has 1 aromatic carbocycles. The number of nitrogens with one attached hydrogen (secondary N) is 1. The van der Waals surface area contributed by atoms with E-state index >= 15 is 0 Å². The maximum Gasteiger partial charge on any atom is 0.276 e. The number of carbonyl (C=O) groups excluding carboxylic acids is 2. The van der Waals surface area contributed by atoms with Gasteiger partial charge in [0.2, 0.25) is 5.91 Å². The van der Waals surface area contributed by atoms with E-state index in [1.807, 2.05) is 26.8 Å². The first-order valence-electron chi connectivity index (χ1n) is 13.5. The zero-order valence-electron chi connectivity index (χ0n) is 23.4. The Morgan fingerprint density at radius 2 is 1.98 bits per heavy atom. The fourth-order valence-corrected chi connectivity index (χ4v) is 6.16. The van der Waals surface area contributed by atoms with Crippen LogP contribution in [0, 0.1) is 20.8 Å². The summed E-state index contributed by atoms with van der Waals surface area (Å²) in [6.07, 6.45) is 2.33. The fourth-order valence-electron chi connectivity index (χ4n) is 5.20. The summed E-state index contributed by atoms with van der Waals surface area (Å²) in [6, 6.07) is 4.91. The van der Waals surface area contributed by atoms with Gasteiger partial charge in [-0.05, 0) is 49.9 Å². The third-order valence-corrected chi connectivity index (χ3v) is 8.87. The predicted octanol–water partition coefficient (Wildman–Crippen LogP) is 4.69. The summed E-state index contributed by atoms with van der Waals surface area (Å²) in [6.45, 7) is 8.30. The monoisotopic (exact) mass is 590 g/mol. The zero-order chi connectivity index (χ0) is 29.7. The van der Waals surface area contributed by atoms with Crippen LogP contribution in [-0.4, -0.2) is 58.8 Å². The van der Waals surface area contributed by atoms with Crippen LogP contribution in [0.5, 0.6) is 0 Å². The molecule has 2 amide bonds. The Balaban J connectivity index is 1.19. The molecule has 1 N–H and O–H groups in total. The SMILES string of the molecule is CCc1ncc(-c2c(C(F)F)ccc(C)c2C)nc1C(=O)Nc1cnn(Cc2cc(C)c(N3C[C@H]4S[C@H]4C3=O)nn2)c1. The van der Waals surface area contributed by atoms with Crippen LogP contribution in [0.25, 0.3) is 11.3 Å². The zero-order valence-corrected chi connectivity index (χ0v) is 24.2. The number of hydrogen-bond acceptors (Lipinski definition) is 8. The summed E-state index contributed by atoms with van der Waals surface area (Å²) in [5.41, 5.74) is 4.29. The number of carbonyl (C=O) groups is 2. The fraction of sp³-hybridized carbons (Fsp3) is 0.345. The minimum atomic E-state index is -2.70. The van der Waals surface area contributed by atoms with Gasteiger partial charge in [0.25, 0.3) is 12.3 Å². The molecule has 6 rings (SSSR count). The second-order valence-corrected chi connectivity index (χ2v) is 11.8. The molecule has 2 atom stereocenters. The molecule has 0 unspecified atom stereocenters. The van der Waals surface area contributed by atoms with Crippen molar-refractivity contribution in [3.05, 3.63) is 76.1 Å². The van der Waals surface area contributed by atoms with Crippen molar-refractivity contribution in [2.45, 2.75) is 57.6 Å². The molecule has 10 nitrogen and oxygen atoms in total. The number of anilines is 2. The van der Waals surface area contributed by atoms with Gasteiger partial charge >= 0.3 is 0 Å². The lowest BCUT2D eigenvalue weighted by Crippen LogP contribution is -2.30. The molecular weight excluding hydrogens is 562 g/mol. The molecule has 216 valence electrons. The van der Waals surface area contributed by atoms with Crippen molar-refractivity contribution < 1.29 is 18.4 Å². The number of hydrogen-bond donors (Lipinski definition) is 1. The largest absolute Gasteiger partial charge is 0.318 e. The highest BCUT2D eigenvalue weighted by Crippen LogP contribution is 2.48. The van der Waals surface area contributed by atoms with Crippen LogP contribution in [0.15, 0.2) is 36.8 Å². The molecule has 3 aromatic heterocycles. The van der Waals surface area contributed by atoms with Crippen molar-refractivity contribution in [2.24, 2.45) is 0 Å². The predicted molar refractivity (Wildman–Crippen MR) is 155 cm³/mol. The minimum Gasteiger partial charge on any atom is -0.318 e. The third kappa shape index (κ3) is 5.13. The van der Waals surface area contributed by atoms with Gasteiger partial charge in [-0.1, -0.05) is 19.1 Å². The third-order valence-electron chi connectivity index (χ3n) is 7.59. The van der Waals surface area contributed by atoms with Crippen molar-refractivity contribution in [3.63, 3.8) is 0 Å². The number of amides is 2. The van der Waals surface area contributed by atoms with E-state index in [4.69, 9.17) is 0 Å². The maximum absolute atomic E-state index is 13.9. The first-order valence-corrected chi connectivity index (χ1v) is 14.5. The Labute approximate surface area is 245 Å². The lowest BCUT2D eigenvalue weighted by Gasteiger charge is -2.18. The van der Waals surface area contributed by atoms with Gasteiger partial charge in [-0.3, -0.25) is 24.2 Å². The van der Waals surface area contributed by atoms with Crippen molar-refractivity contribution in [2.75, 3.05) is 16.8 Å². The number of rotatable bonds is 8. The number of fused-ring (bicyclic) bond motifs is 1. The molecule has 2 fully saturated rings. The van der Waals surface area contributed by atoms with Crippen LogP contribution in [0.3, 0.4) is 0 Å². The van der Waals surface area contributed by atoms with E-state index in [1.165, 1.54) is 18.5 Å². The van der Waals surface area contributed by atoms with E-state index in [-0.39, 0.29) is 33.7 Å². The Morgan fingerprint density at radius 1 is 1.17 bits per heavy atom. The number of aryl methyl sites for hydroxylation is 3. The summed E-state index contributed by atoms with van der Waals surface area (Å²) in [5, 5.41) is 16.1. The molecule has 0 radical (unpaired) electrons. The number of benzene rings is 1. The van der Waals surface area contributed by atoms with Gasteiger partial charge in [-0.2, -0.15) is 10.2 Å². The Kier molecular flexibility index (Phi) is 7.21. The average Bonchev–Trinajstić information content (AvgIpc) is 3.49. The highest BCUT2D eigenvalue weighted by molar-refractivity contribution is 8.08. The number of aromatic nitrogens is 6. The first kappa shape index (κ1) is 27.9. The normalized spacial score (nSPS) is 17.6. The van der Waals surface area contributed by atoms with Crippen LogP contribution >= 0.6 is 11.8 Å². The molecule has 2 aliphatic rings. The molecule has 0 bridgehead atoms. The van der Waals surface area contributed by atoms with Crippen molar-refractivity contribution in [1.29, 1.82) is 0 Å². The van der Waals surface area contributed by atoms with Gasteiger partial charge in [0.05, 0.1) is 47.0 Å². The number of halogens is 2. The van der Waals surface area contributed by atoms with Crippen molar-refractivity contribution in [1.82, 2.24) is 29.9 Å². The lowest BCUT2D eigenvalue weighted by molar-refractivity contribution is -0.116. The van der Waals surface area contributed by atoms with Gasteiger partial charge in [0.1, 0.15) is 0 Å². The quantitative estimate of drug-likeness (QED) is 0.294. The summed E-state index contributed by atoms with van der Waals surface area (Å²) >= 11 is 1.69. The second-order valence-electron chi connectivity index (χ2n) is 10.4. The highest BCUT2D eigenvalue weighted by Gasteiger charge is 2.54. The van der Waals surface area contributed by atoms with E-state index in [9.17, 15) is 18.4 Å². The molecule has 0 aliphatic carbocycles. The van der Waals surface area contributed by atoms with E-state index in [2.05, 4.69) is 30.6 Å². The van der Waals surface area contributed by atoms with Crippen LogP contribution in [0.1, 0.15) is 57.5 Å². The standard InChI is InChI=1S/C29H28F2N8O2S/c1-5-20-24(35-21(10-32-20)23-16(4)14(2)6-7-19(23)26(30)31)28(40)34-18-9-33-38(12-18)11-17-8-15(3)27(37-36-17)39-13-22-25(42-22)29(39)41/h6-10,12,22,25-26H,5,11,13H2,1-4H3,(H,34,40)/t22-,25-/m1/s1. The van der Waals surface area contributed by atoms with E-state index in [0.717, 1.165) is 11.1 Å². The molecular formula is C29H28F2N8O2S. The Hall–Kier alpha value is -4.26. The molecule has 2 aliphatic heterocycles.